The van der Waals surface area contributed by atoms with Gasteiger partial charge in [-0.3, -0.25) is 0 Å². The average molecular weight is 389 g/mol. The number of nitrogens with two attached hydrogens (primary N) is 1. The van der Waals surface area contributed by atoms with Gasteiger partial charge in [0.15, 0.2) is 0 Å². The van der Waals surface area contributed by atoms with Crippen molar-refractivity contribution in [3.63, 3.8) is 0 Å². The summed E-state index contributed by atoms with van der Waals surface area (Å²) in [7, 11) is 0. The Morgan fingerprint density at radius 3 is 2.78 bits per heavy atom. The van der Waals surface area contributed by atoms with Crippen molar-refractivity contribution in [2.75, 3.05) is 0 Å². The molecule has 0 amide bonds. The molecule has 2 aromatic rings. The lowest BCUT2D eigenvalue weighted by Gasteiger charge is -2.17. The summed E-state index contributed by atoms with van der Waals surface area (Å²) >= 11 is 8.64. The molecule has 18 heavy (non-hydrogen) atoms. The number of para-hydroxylation sites is 1. The fraction of sp³-hybridized carbons (Fsp3) is 0.231. The number of halogens is 2. The largest absolute Gasteiger partial charge is 0.488 e. The molecule has 0 radical (unpaired) electrons. The number of benzene rings is 1. The second-order valence-corrected chi connectivity index (χ2v) is 7.52. The van der Waals surface area contributed by atoms with Crippen LogP contribution in [0.5, 0.6) is 5.75 Å². The molecule has 5 heteroatoms. The van der Waals surface area contributed by atoms with Crippen molar-refractivity contribution in [3.05, 3.63) is 49.0 Å². The maximum Gasteiger partial charge on any atom is 0.123 e. The predicted molar refractivity (Wildman–Crippen MR) is 81.2 cm³/mol. The standard InChI is InChI=1S/C13H11Br2NOS/c14-8-6-11(18-13(8)15)12(16)10-5-7-3-1-2-4-9(7)17-10/h1-4,6,10,12H,5,16H2. The third kappa shape index (κ3) is 2.25. The molecule has 2 unspecified atom stereocenters. The molecular weight excluding hydrogens is 378 g/mol. The minimum absolute atomic E-state index is 0.0276. The molecular formula is C13H11Br2NOS. The first-order valence-electron chi connectivity index (χ1n) is 5.60. The number of ether oxygens (including phenoxy) is 1. The van der Waals surface area contributed by atoms with Crippen molar-refractivity contribution in [2.24, 2.45) is 5.73 Å². The highest BCUT2D eigenvalue weighted by Gasteiger charge is 2.30. The van der Waals surface area contributed by atoms with Gasteiger partial charge < -0.3 is 10.5 Å². The molecule has 0 bridgehead atoms. The van der Waals surface area contributed by atoms with E-state index < -0.39 is 0 Å². The maximum atomic E-state index is 6.31. The Kier molecular flexibility index (Phi) is 3.49. The number of hydrogen-bond donors (Lipinski definition) is 1. The lowest BCUT2D eigenvalue weighted by molar-refractivity contribution is 0.201. The van der Waals surface area contributed by atoms with Crippen molar-refractivity contribution in [3.8, 4) is 5.75 Å². The quantitative estimate of drug-likeness (QED) is 0.833. The van der Waals surface area contributed by atoms with Crippen LogP contribution in [-0.4, -0.2) is 6.10 Å². The summed E-state index contributed by atoms with van der Waals surface area (Å²) in [4.78, 5) is 1.13. The van der Waals surface area contributed by atoms with Crippen molar-refractivity contribution < 1.29 is 4.74 Å². The van der Waals surface area contributed by atoms with E-state index >= 15 is 0 Å². The Hall–Kier alpha value is -0.360. The molecule has 1 aromatic carbocycles. The molecule has 0 saturated carbocycles. The van der Waals surface area contributed by atoms with Crippen LogP contribution in [0.3, 0.4) is 0 Å². The molecule has 0 spiro atoms. The lowest BCUT2D eigenvalue weighted by atomic mass is 10.0. The Morgan fingerprint density at radius 1 is 1.33 bits per heavy atom. The van der Waals surface area contributed by atoms with Gasteiger partial charge in [0.05, 0.1) is 9.83 Å². The Balaban J connectivity index is 1.82. The number of hydrogen-bond acceptors (Lipinski definition) is 3. The van der Waals surface area contributed by atoms with Gasteiger partial charge in [0.1, 0.15) is 11.9 Å². The van der Waals surface area contributed by atoms with Crippen molar-refractivity contribution in [1.29, 1.82) is 0 Å². The molecule has 2 N–H and O–H groups in total. The van der Waals surface area contributed by atoms with Crippen molar-refractivity contribution in [1.82, 2.24) is 0 Å². The minimum atomic E-state index is -0.0926. The molecule has 2 heterocycles. The molecule has 1 aromatic heterocycles. The van der Waals surface area contributed by atoms with Gasteiger partial charge in [0.25, 0.3) is 0 Å². The van der Waals surface area contributed by atoms with Crippen LogP contribution < -0.4 is 10.5 Å². The van der Waals surface area contributed by atoms with Crippen LogP contribution in [0.25, 0.3) is 0 Å². The number of rotatable bonds is 2. The van der Waals surface area contributed by atoms with Crippen LogP contribution in [0.2, 0.25) is 0 Å². The van der Waals surface area contributed by atoms with E-state index in [4.69, 9.17) is 10.5 Å². The molecule has 2 atom stereocenters. The Morgan fingerprint density at radius 2 is 2.11 bits per heavy atom. The number of thiophene rings is 1. The molecule has 0 saturated heterocycles. The predicted octanol–water partition coefficient (Wildman–Crippen LogP) is 4.28. The Labute approximate surface area is 126 Å². The van der Waals surface area contributed by atoms with Crippen LogP contribution in [0, 0.1) is 0 Å². The highest BCUT2D eigenvalue weighted by molar-refractivity contribution is 9.13. The summed E-state index contributed by atoms with van der Waals surface area (Å²) in [5.41, 5.74) is 7.55. The first kappa shape index (κ1) is 12.7. The smallest absolute Gasteiger partial charge is 0.123 e. The van der Waals surface area contributed by atoms with Crippen molar-refractivity contribution >= 4 is 43.2 Å². The van der Waals surface area contributed by atoms with Gasteiger partial charge in [0, 0.05) is 15.8 Å². The van der Waals surface area contributed by atoms with Crippen LogP contribution in [0.15, 0.2) is 38.6 Å². The molecule has 2 nitrogen and oxygen atoms in total. The molecule has 0 aliphatic carbocycles. The van der Waals surface area contributed by atoms with Gasteiger partial charge in [0.2, 0.25) is 0 Å². The van der Waals surface area contributed by atoms with E-state index in [9.17, 15) is 0 Å². The van der Waals surface area contributed by atoms with E-state index in [-0.39, 0.29) is 12.1 Å². The van der Waals surface area contributed by atoms with Crippen molar-refractivity contribution in [2.45, 2.75) is 18.6 Å². The zero-order valence-electron chi connectivity index (χ0n) is 9.40. The highest BCUT2D eigenvalue weighted by atomic mass is 79.9. The molecule has 1 aliphatic heterocycles. The topological polar surface area (TPSA) is 35.2 Å². The van der Waals surface area contributed by atoms with Gasteiger partial charge in [-0.05, 0) is 49.6 Å². The first-order valence-corrected chi connectivity index (χ1v) is 8.00. The van der Waals surface area contributed by atoms with Gasteiger partial charge in [-0.2, -0.15) is 0 Å². The lowest BCUT2D eigenvalue weighted by Crippen LogP contribution is -2.29. The SMILES string of the molecule is NC(c1cc(Br)c(Br)s1)C1Cc2ccccc2O1. The van der Waals surface area contributed by atoms with E-state index in [1.165, 1.54) is 5.56 Å². The van der Waals surface area contributed by atoms with E-state index in [0.717, 1.165) is 25.3 Å². The Bertz CT molecular complexity index is 540. The third-order valence-corrected chi connectivity index (χ3v) is 6.42. The number of fused-ring (bicyclic) bond motifs is 1. The van der Waals surface area contributed by atoms with Crippen LogP contribution in [-0.2, 0) is 6.42 Å². The minimum Gasteiger partial charge on any atom is -0.488 e. The van der Waals surface area contributed by atoms with E-state index in [1.54, 1.807) is 11.3 Å². The third-order valence-electron chi connectivity index (χ3n) is 3.07. The normalized spacial score (nSPS) is 19.4. The van der Waals surface area contributed by atoms with E-state index in [2.05, 4.69) is 44.0 Å². The fourth-order valence-corrected chi connectivity index (χ4v) is 4.26. The summed E-state index contributed by atoms with van der Waals surface area (Å²) in [6.07, 6.45) is 0.907. The second-order valence-electron chi connectivity index (χ2n) is 4.26. The zero-order chi connectivity index (χ0) is 12.7. The van der Waals surface area contributed by atoms with Crippen LogP contribution in [0.1, 0.15) is 16.5 Å². The van der Waals surface area contributed by atoms with Gasteiger partial charge >= 0.3 is 0 Å². The van der Waals surface area contributed by atoms with E-state index in [0.29, 0.717) is 0 Å². The molecule has 0 fully saturated rings. The average Bonchev–Trinajstić information content (AvgIpc) is 2.93. The molecule has 3 rings (SSSR count). The summed E-state index contributed by atoms with van der Waals surface area (Å²) in [5, 5.41) is 0. The first-order chi connectivity index (χ1) is 8.65. The van der Waals surface area contributed by atoms with Crippen LogP contribution in [0.4, 0.5) is 0 Å². The molecule has 1 aliphatic rings. The fourth-order valence-electron chi connectivity index (χ4n) is 2.12. The van der Waals surface area contributed by atoms with Gasteiger partial charge in [-0.15, -0.1) is 11.3 Å². The summed E-state index contributed by atoms with van der Waals surface area (Å²) in [6, 6.07) is 10.1. The zero-order valence-corrected chi connectivity index (χ0v) is 13.4. The summed E-state index contributed by atoms with van der Waals surface area (Å²) in [6.45, 7) is 0. The van der Waals surface area contributed by atoms with Gasteiger partial charge in [-0.1, -0.05) is 18.2 Å². The highest BCUT2D eigenvalue weighted by Crippen LogP contribution is 2.39. The summed E-state index contributed by atoms with van der Waals surface area (Å²) < 4.78 is 8.05. The monoisotopic (exact) mass is 387 g/mol. The van der Waals surface area contributed by atoms with Gasteiger partial charge in [-0.25, -0.2) is 0 Å². The molecule has 94 valence electrons. The van der Waals surface area contributed by atoms with E-state index in [1.807, 2.05) is 18.2 Å². The summed E-state index contributed by atoms with van der Waals surface area (Å²) in [5.74, 6) is 0.965. The maximum absolute atomic E-state index is 6.31. The van der Waals surface area contributed by atoms with Crippen LogP contribution >= 0.6 is 43.2 Å². The second kappa shape index (κ2) is 4.96.